The second-order valence-electron chi connectivity index (χ2n) is 8.26. The molecule has 8 nitrogen and oxygen atoms in total. The van der Waals surface area contributed by atoms with Crippen LogP contribution in [-0.2, 0) is 13.5 Å². The Bertz CT molecular complexity index is 1340. The number of aromatic nitrogens is 3. The smallest absolute Gasteiger partial charge is 0.251 e. The number of rotatable bonds is 6. The third-order valence-electron chi connectivity index (χ3n) is 5.92. The van der Waals surface area contributed by atoms with Crippen LogP contribution >= 0.6 is 0 Å². The quantitative estimate of drug-likeness (QED) is 0.423. The number of carbonyl (C=O) groups excluding carboxylic acids is 1. The first-order chi connectivity index (χ1) is 16.0. The number of pyridine rings is 1. The van der Waals surface area contributed by atoms with Gasteiger partial charge in [0.1, 0.15) is 17.3 Å². The average Bonchev–Trinajstić information content (AvgIpc) is 3.15. The second-order valence-corrected chi connectivity index (χ2v) is 8.26. The van der Waals surface area contributed by atoms with Crippen molar-refractivity contribution in [2.45, 2.75) is 19.4 Å². The van der Waals surface area contributed by atoms with Gasteiger partial charge in [-0.3, -0.25) is 9.48 Å². The van der Waals surface area contributed by atoms with E-state index in [1.165, 1.54) is 0 Å². The summed E-state index contributed by atoms with van der Waals surface area (Å²) in [4.78, 5) is 17.2. The molecular weight excluding hydrogens is 416 g/mol. The molecule has 0 aliphatic carbocycles. The van der Waals surface area contributed by atoms with Crippen LogP contribution in [0.4, 0.5) is 5.82 Å². The van der Waals surface area contributed by atoms with Crippen molar-refractivity contribution in [3.63, 3.8) is 0 Å². The first-order valence-electron chi connectivity index (χ1n) is 11.0. The number of carbonyl (C=O) groups is 1. The zero-order valence-corrected chi connectivity index (χ0v) is 18.6. The SMILES string of the molecule is CCc1cc(-c2cc(Oc3ccc4cnn(C)c4c3)cc(N)n2)ccc1C(=O)NC1CNC1. The molecule has 0 bridgehead atoms. The second kappa shape index (κ2) is 8.55. The Morgan fingerprint density at radius 2 is 2.03 bits per heavy atom. The fraction of sp³-hybridized carbons (Fsp3) is 0.240. The lowest BCUT2D eigenvalue weighted by Crippen LogP contribution is -2.57. The predicted molar refractivity (Wildman–Crippen MR) is 128 cm³/mol. The highest BCUT2D eigenvalue weighted by Crippen LogP contribution is 2.30. The van der Waals surface area contributed by atoms with Crippen LogP contribution in [0.5, 0.6) is 11.5 Å². The van der Waals surface area contributed by atoms with Crippen LogP contribution in [0.3, 0.4) is 0 Å². The first-order valence-corrected chi connectivity index (χ1v) is 11.0. The standard InChI is InChI=1S/C25H26N6O2/c1-3-15-8-16(5-7-21(15)25(32)29-18-13-27-14-18)22-9-20(11-24(26)30-22)33-19-6-4-17-12-28-31(2)23(17)10-19/h4-12,18,27H,3,13-14H2,1-2H3,(H2,26,30)(H,29,32). The lowest BCUT2D eigenvalue weighted by atomic mass is 9.99. The summed E-state index contributed by atoms with van der Waals surface area (Å²) in [5.41, 5.74) is 10.3. The normalized spacial score (nSPS) is 13.6. The summed E-state index contributed by atoms with van der Waals surface area (Å²) in [6, 6.07) is 15.3. The van der Waals surface area contributed by atoms with E-state index in [0.717, 1.165) is 41.5 Å². The summed E-state index contributed by atoms with van der Waals surface area (Å²) in [5, 5.41) is 11.5. The van der Waals surface area contributed by atoms with Gasteiger partial charge in [-0.15, -0.1) is 0 Å². The lowest BCUT2D eigenvalue weighted by Gasteiger charge is -2.28. The largest absolute Gasteiger partial charge is 0.457 e. The van der Waals surface area contributed by atoms with Crippen LogP contribution in [0.25, 0.3) is 22.2 Å². The molecule has 4 N–H and O–H groups in total. The maximum absolute atomic E-state index is 12.7. The molecule has 8 heteroatoms. The van der Waals surface area contributed by atoms with Crippen molar-refractivity contribution in [2.24, 2.45) is 7.05 Å². The van der Waals surface area contributed by atoms with E-state index in [1.807, 2.05) is 62.6 Å². The third kappa shape index (κ3) is 4.25. The van der Waals surface area contributed by atoms with Gasteiger partial charge in [-0.25, -0.2) is 4.98 Å². The van der Waals surface area contributed by atoms with E-state index >= 15 is 0 Å². The van der Waals surface area contributed by atoms with Gasteiger partial charge >= 0.3 is 0 Å². The summed E-state index contributed by atoms with van der Waals surface area (Å²) in [5.74, 6) is 1.60. The highest BCUT2D eigenvalue weighted by molar-refractivity contribution is 5.96. The number of hydrogen-bond acceptors (Lipinski definition) is 6. The number of amides is 1. The number of nitrogen functional groups attached to an aromatic ring is 1. The molecule has 1 amide bonds. The van der Waals surface area contributed by atoms with Crippen molar-refractivity contribution >= 4 is 22.6 Å². The highest BCUT2D eigenvalue weighted by Gasteiger charge is 2.21. The topological polar surface area (TPSA) is 107 Å². The third-order valence-corrected chi connectivity index (χ3v) is 5.92. The minimum atomic E-state index is -0.0417. The Labute approximate surface area is 191 Å². The number of nitrogens with zero attached hydrogens (tertiary/aromatic N) is 3. The van der Waals surface area contributed by atoms with Gasteiger partial charge in [-0.2, -0.15) is 5.10 Å². The zero-order chi connectivity index (χ0) is 22.9. The molecule has 0 radical (unpaired) electrons. The van der Waals surface area contributed by atoms with Crippen LogP contribution < -0.4 is 21.1 Å². The van der Waals surface area contributed by atoms with Crippen LogP contribution in [0.15, 0.2) is 54.7 Å². The molecule has 0 spiro atoms. The molecule has 3 heterocycles. The van der Waals surface area contributed by atoms with E-state index in [0.29, 0.717) is 28.6 Å². The van der Waals surface area contributed by atoms with Crippen LogP contribution in [-0.4, -0.2) is 39.8 Å². The maximum atomic E-state index is 12.7. The number of nitrogens with one attached hydrogen (secondary N) is 2. The molecule has 1 aliphatic rings. The van der Waals surface area contributed by atoms with Gasteiger partial charge in [0.25, 0.3) is 5.91 Å². The van der Waals surface area contributed by atoms with Crippen molar-refractivity contribution < 1.29 is 9.53 Å². The fourth-order valence-corrected chi connectivity index (χ4v) is 3.98. The molecule has 0 saturated carbocycles. The summed E-state index contributed by atoms with van der Waals surface area (Å²) >= 11 is 0. The molecule has 1 aliphatic heterocycles. The summed E-state index contributed by atoms with van der Waals surface area (Å²) in [6.07, 6.45) is 2.55. The minimum absolute atomic E-state index is 0.0417. The van der Waals surface area contributed by atoms with E-state index in [2.05, 4.69) is 20.7 Å². The Kier molecular flexibility index (Phi) is 5.43. The molecular formula is C25H26N6O2. The van der Waals surface area contributed by atoms with Crippen molar-refractivity contribution in [3.05, 3.63) is 65.9 Å². The van der Waals surface area contributed by atoms with Crippen molar-refractivity contribution in [1.82, 2.24) is 25.4 Å². The van der Waals surface area contributed by atoms with Gasteiger partial charge in [-0.1, -0.05) is 13.0 Å². The fourth-order valence-electron chi connectivity index (χ4n) is 3.98. The van der Waals surface area contributed by atoms with Crippen molar-refractivity contribution in [1.29, 1.82) is 0 Å². The number of aryl methyl sites for hydroxylation is 2. The molecule has 4 aromatic rings. The molecule has 2 aromatic heterocycles. The predicted octanol–water partition coefficient (Wildman–Crippen LogP) is 3.27. The van der Waals surface area contributed by atoms with Gasteiger partial charge in [0, 0.05) is 54.8 Å². The Morgan fingerprint density at radius 1 is 1.18 bits per heavy atom. The number of anilines is 1. The summed E-state index contributed by atoms with van der Waals surface area (Å²) in [7, 11) is 1.90. The zero-order valence-electron chi connectivity index (χ0n) is 18.6. The van der Waals surface area contributed by atoms with Gasteiger partial charge in [0.2, 0.25) is 0 Å². The van der Waals surface area contributed by atoms with E-state index < -0.39 is 0 Å². The summed E-state index contributed by atoms with van der Waals surface area (Å²) < 4.78 is 7.91. The van der Waals surface area contributed by atoms with E-state index in [1.54, 1.807) is 10.7 Å². The Morgan fingerprint density at radius 3 is 2.79 bits per heavy atom. The maximum Gasteiger partial charge on any atom is 0.251 e. The molecule has 33 heavy (non-hydrogen) atoms. The molecule has 1 fully saturated rings. The van der Waals surface area contributed by atoms with Gasteiger partial charge in [-0.05, 0) is 36.2 Å². The van der Waals surface area contributed by atoms with Gasteiger partial charge < -0.3 is 21.1 Å². The van der Waals surface area contributed by atoms with Crippen molar-refractivity contribution in [2.75, 3.05) is 18.8 Å². The van der Waals surface area contributed by atoms with E-state index in [-0.39, 0.29) is 11.9 Å². The number of nitrogens with two attached hydrogens (primary N) is 1. The highest BCUT2D eigenvalue weighted by atomic mass is 16.5. The van der Waals surface area contributed by atoms with Crippen LogP contribution in [0.1, 0.15) is 22.8 Å². The molecule has 0 unspecified atom stereocenters. The summed E-state index contributed by atoms with van der Waals surface area (Å²) in [6.45, 7) is 3.67. The van der Waals surface area contributed by atoms with Gasteiger partial charge in [0.05, 0.1) is 23.4 Å². The molecule has 0 atom stereocenters. The van der Waals surface area contributed by atoms with Crippen molar-refractivity contribution in [3.8, 4) is 22.8 Å². The number of ether oxygens (including phenoxy) is 1. The molecule has 168 valence electrons. The first kappa shape index (κ1) is 21.0. The number of hydrogen-bond donors (Lipinski definition) is 3. The van der Waals surface area contributed by atoms with Gasteiger partial charge in [0.15, 0.2) is 0 Å². The molecule has 5 rings (SSSR count). The minimum Gasteiger partial charge on any atom is -0.457 e. The molecule has 2 aromatic carbocycles. The average molecular weight is 443 g/mol. The number of benzene rings is 2. The van der Waals surface area contributed by atoms with E-state index in [4.69, 9.17) is 10.5 Å². The van der Waals surface area contributed by atoms with Crippen LogP contribution in [0.2, 0.25) is 0 Å². The Balaban J connectivity index is 1.42. The molecule has 1 saturated heterocycles. The van der Waals surface area contributed by atoms with E-state index in [9.17, 15) is 4.79 Å². The number of fused-ring (bicyclic) bond motifs is 1. The lowest BCUT2D eigenvalue weighted by molar-refractivity contribution is 0.0923. The Hall–Kier alpha value is -3.91. The monoisotopic (exact) mass is 442 g/mol. The van der Waals surface area contributed by atoms with Crippen LogP contribution in [0, 0.1) is 0 Å².